The summed E-state index contributed by atoms with van der Waals surface area (Å²) in [6.45, 7) is 19.3. The minimum atomic E-state index is 0.485. The van der Waals surface area contributed by atoms with Crippen LogP contribution in [0.15, 0.2) is 31.5 Å². The van der Waals surface area contributed by atoms with Crippen molar-refractivity contribution in [3.8, 4) is 0 Å². The predicted octanol–water partition coefficient (Wildman–Crippen LogP) is 6.07. The molecular weight excluding hydrogens is 280 g/mol. The monoisotopic (exact) mass is 316 g/mol. The molecule has 0 aromatic heterocycles. The fourth-order valence-electron chi connectivity index (χ4n) is 2.79. The molecule has 0 amide bonds. The lowest BCUT2D eigenvalue weighted by Gasteiger charge is -2.22. The first-order valence-electron chi connectivity index (χ1n) is 8.95. The van der Waals surface area contributed by atoms with Crippen LogP contribution >= 0.6 is 0 Å². The minimum Gasteiger partial charge on any atom is -0.398 e. The quantitative estimate of drug-likeness (QED) is 0.428. The van der Waals surface area contributed by atoms with Crippen molar-refractivity contribution in [1.29, 1.82) is 0 Å². The first-order valence-corrected chi connectivity index (χ1v) is 8.95. The standard InChI is InChI=1S/C19H30N2.C2H6/c1-6-9-15(10-11-21-8-3)18-12-16(14(4)5)13-19(20)17(18)7-2;1-2/h7-8,12-15,21H,2-3,6,9-11,20H2,1,4-5H3;1-2H3. The average Bonchev–Trinajstić information content (AvgIpc) is 2.55. The Hall–Kier alpha value is -1.70. The van der Waals surface area contributed by atoms with Gasteiger partial charge in [0.25, 0.3) is 0 Å². The van der Waals surface area contributed by atoms with E-state index in [0.29, 0.717) is 11.8 Å². The van der Waals surface area contributed by atoms with E-state index in [-0.39, 0.29) is 0 Å². The summed E-state index contributed by atoms with van der Waals surface area (Å²) in [5.41, 5.74) is 10.9. The molecule has 3 N–H and O–H groups in total. The molecule has 0 fully saturated rings. The summed E-state index contributed by atoms with van der Waals surface area (Å²) >= 11 is 0. The third-order valence-corrected chi connectivity index (χ3v) is 4.00. The molecule has 0 radical (unpaired) electrons. The predicted molar refractivity (Wildman–Crippen MR) is 107 cm³/mol. The molecule has 0 saturated heterocycles. The summed E-state index contributed by atoms with van der Waals surface area (Å²) in [4.78, 5) is 0. The average molecular weight is 317 g/mol. The second-order valence-electron chi connectivity index (χ2n) is 5.90. The van der Waals surface area contributed by atoms with Crippen molar-refractivity contribution in [3.05, 3.63) is 48.2 Å². The summed E-state index contributed by atoms with van der Waals surface area (Å²) in [6.07, 6.45) is 7.08. The van der Waals surface area contributed by atoms with Crippen LogP contribution in [0.1, 0.15) is 82.4 Å². The Kier molecular flexibility index (Phi) is 10.9. The number of hydrogen-bond acceptors (Lipinski definition) is 2. The summed E-state index contributed by atoms with van der Waals surface area (Å²) in [6, 6.07) is 4.42. The topological polar surface area (TPSA) is 38.0 Å². The van der Waals surface area contributed by atoms with Crippen LogP contribution in [0.4, 0.5) is 5.69 Å². The van der Waals surface area contributed by atoms with E-state index < -0.39 is 0 Å². The van der Waals surface area contributed by atoms with Crippen LogP contribution in [-0.2, 0) is 0 Å². The van der Waals surface area contributed by atoms with Gasteiger partial charge in [-0.05, 0) is 48.1 Å². The number of anilines is 1. The third kappa shape index (κ3) is 6.52. The van der Waals surface area contributed by atoms with Gasteiger partial charge in [-0.25, -0.2) is 0 Å². The van der Waals surface area contributed by atoms with Crippen molar-refractivity contribution in [1.82, 2.24) is 5.32 Å². The Morgan fingerprint density at radius 2 is 1.83 bits per heavy atom. The Morgan fingerprint density at radius 1 is 1.17 bits per heavy atom. The Labute approximate surface area is 143 Å². The van der Waals surface area contributed by atoms with Gasteiger partial charge in [-0.1, -0.05) is 66.3 Å². The molecule has 1 aromatic rings. The molecule has 1 atom stereocenters. The number of nitrogen functional groups attached to an aromatic ring is 1. The Balaban J connectivity index is 0.00000232. The van der Waals surface area contributed by atoms with Crippen LogP contribution in [0.2, 0.25) is 0 Å². The molecule has 0 aliphatic carbocycles. The van der Waals surface area contributed by atoms with Crippen LogP contribution < -0.4 is 11.1 Å². The number of rotatable bonds is 9. The smallest absolute Gasteiger partial charge is 0.0393 e. The fourth-order valence-corrected chi connectivity index (χ4v) is 2.79. The lowest BCUT2D eigenvalue weighted by molar-refractivity contribution is 0.556. The van der Waals surface area contributed by atoms with E-state index in [9.17, 15) is 0 Å². The van der Waals surface area contributed by atoms with Gasteiger partial charge in [0.1, 0.15) is 0 Å². The van der Waals surface area contributed by atoms with Crippen molar-refractivity contribution >= 4 is 11.8 Å². The number of nitrogens with two attached hydrogens (primary N) is 1. The summed E-state index contributed by atoms with van der Waals surface area (Å²) in [5, 5.41) is 3.20. The van der Waals surface area contributed by atoms with E-state index in [1.54, 1.807) is 6.20 Å². The molecule has 0 saturated carbocycles. The van der Waals surface area contributed by atoms with Crippen LogP contribution in [0, 0.1) is 0 Å². The highest BCUT2D eigenvalue weighted by Gasteiger charge is 2.17. The van der Waals surface area contributed by atoms with E-state index in [4.69, 9.17) is 5.73 Å². The third-order valence-electron chi connectivity index (χ3n) is 4.00. The molecule has 1 aromatic carbocycles. The first-order chi connectivity index (χ1) is 11.0. The van der Waals surface area contributed by atoms with Gasteiger partial charge in [-0.15, -0.1) is 0 Å². The SMILES string of the molecule is C=CNCCC(CCC)c1cc(C(C)C)cc(N)c1C=C.CC. The van der Waals surface area contributed by atoms with Crippen molar-refractivity contribution in [2.75, 3.05) is 12.3 Å². The highest BCUT2D eigenvalue weighted by Crippen LogP contribution is 2.34. The van der Waals surface area contributed by atoms with Crippen molar-refractivity contribution < 1.29 is 0 Å². The maximum Gasteiger partial charge on any atom is 0.0393 e. The Bertz CT molecular complexity index is 475. The van der Waals surface area contributed by atoms with Gasteiger partial charge < -0.3 is 11.1 Å². The lowest BCUT2D eigenvalue weighted by Crippen LogP contribution is -2.13. The summed E-state index contributed by atoms with van der Waals surface area (Å²) < 4.78 is 0. The van der Waals surface area contributed by atoms with Crippen LogP contribution in [0.5, 0.6) is 0 Å². The van der Waals surface area contributed by atoms with Gasteiger partial charge in [-0.2, -0.15) is 0 Å². The zero-order chi connectivity index (χ0) is 17.8. The summed E-state index contributed by atoms with van der Waals surface area (Å²) in [5.74, 6) is 0.995. The second-order valence-corrected chi connectivity index (χ2v) is 5.90. The molecule has 0 bridgehead atoms. The highest BCUT2D eigenvalue weighted by molar-refractivity contribution is 5.68. The molecule has 130 valence electrons. The van der Waals surface area contributed by atoms with Gasteiger partial charge >= 0.3 is 0 Å². The van der Waals surface area contributed by atoms with E-state index in [0.717, 1.165) is 24.2 Å². The second kappa shape index (κ2) is 11.8. The van der Waals surface area contributed by atoms with E-state index in [1.165, 1.54) is 24.0 Å². The number of nitrogens with one attached hydrogen (secondary N) is 1. The maximum atomic E-state index is 6.26. The molecule has 0 heterocycles. The van der Waals surface area contributed by atoms with Gasteiger partial charge in [0, 0.05) is 17.8 Å². The largest absolute Gasteiger partial charge is 0.398 e. The van der Waals surface area contributed by atoms with Gasteiger partial charge in [0.05, 0.1) is 0 Å². The molecule has 0 aliphatic heterocycles. The first kappa shape index (κ1) is 21.3. The van der Waals surface area contributed by atoms with Crippen LogP contribution in [0.3, 0.4) is 0 Å². The molecule has 23 heavy (non-hydrogen) atoms. The molecule has 0 spiro atoms. The highest BCUT2D eigenvalue weighted by atomic mass is 14.8. The van der Waals surface area contributed by atoms with Gasteiger partial charge in [0.2, 0.25) is 0 Å². The maximum absolute atomic E-state index is 6.26. The van der Waals surface area contributed by atoms with Crippen molar-refractivity contribution in [3.63, 3.8) is 0 Å². The van der Waals surface area contributed by atoms with Gasteiger partial charge in [0.15, 0.2) is 0 Å². The Morgan fingerprint density at radius 3 is 2.30 bits per heavy atom. The van der Waals surface area contributed by atoms with Crippen LogP contribution in [-0.4, -0.2) is 6.54 Å². The van der Waals surface area contributed by atoms with Crippen LogP contribution in [0.25, 0.3) is 6.08 Å². The fraction of sp³-hybridized carbons (Fsp3) is 0.524. The number of benzene rings is 1. The zero-order valence-electron chi connectivity index (χ0n) is 15.8. The molecule has 2 heteroatoms. The molecule has 1 rings (SSSR count). The van der Waals surface area contributed by atoms with Crippen molar-refractivity contribution in [2.45, 2.75) is 65.7 Å². The number of hydrogen-bond donors (Lipinski definition) is 2. The van der Waals surface area contributed by atoms with Crippen molar-refractivity contribution in [2.24, 2.45) is 0 Å². The minimum absolute atomic E-state index is 0.485. The molecular formula is C21H36N2. The van der Waals surface area contributed by atoms with E-state index >= 15 is 0 Å². The lowest BCUT2D eigenvalue weighted by atomic mass is 9.84. The van der Waals surface area contributed by atoms with Gasteiger partial charge in [-0.3, -0.25) is 0 Å². The molecule has 1 unspecified atom stereocenters. The zero-order valence-corrected chi connectivity index (χ0v) is 15.8. The molecule has 0 aliphatic rings. The van der Waals surface area contributed by atoms with E-state index in [2.05, 4.69) is 51.4 Å². The van der Waals surface area contributed by atoms with E-state index in [1.807, 2.05) is 19.9 Å². The summed E-state index contributed by atoms with van der Waals surface area (Å²) in [7, 11) is 0. The normalized spacial score (nSPS) is 11.4. The molecule has 2 nitrogen and oxygen atoms in total.